The van der Waals surface area contributed by atoms with E-state index in [-0.39, 0.29) is 0 Å². The van der Waals surface area contributed by atoms with Crippen LogP contribution < -0.4 is 0 Å². The molecule has 0 saturated carbocycles. The van der Waals surface area contributed by atoms with Crippen LogP contribution in [0, 0.1) is 0 Å². The summed E-state index contributed by atoms with van der Waals surface area (Å²) in [5.74, 6) is -1.26. The number of rotatable bonds is 1. The molecule has 1 unspecified atom stereocenters. The van der Waals surface area contributed by atoms with E-state index in [4.69, 9.17) is 16.8 Å². The molecule has 0 radical (unpaired) electrons. The molecule has 0 aromatic carbocycles. The monoisotopic (exact) mass is 195 g/mol. The standard InChI is InChI=1S/C6H10O7/c7-1-2(8)4(5(10)11)13-6(12)3(1)9/h1-4,6-9,12H,(H,10,11)/t1-,2-,3+,4-,6?/m0/s1/i/hD. The lowest BCUT2D eigenvalue weighted by Gasteiger charge is -2.36. The van der Waals surface area contributed by atoms with Gasteiger partial charge in [-0.25, -0.2) is 4.79 Å². The van der Waals surface area contributed by atoms with Gasteiger partial charge in [0.1, 0.15) is 18.3 Å². The summed E-state index contributed by atoms with van der Waals surface area (Å²) in [5.41, 5.74) is 0. The molecule has 1 aliphatic rings. The molecule has 0 bridgehead atoms. The summed E-state index contributed by atoms with van der Waals surface area (Å²) >= 11 is 0. The average molecular weight is 195 g/mol. The van der Waals surface area contributed by atoms with Crippen molar-refractivity contribution < 1.29 is 35.1 Å². The number of ether oxygens (including phenoxy) is 1. The van der Waals surface area contributed by atoms with Crippen LogP contribution in [0.5, 0.6) is 0 Å². The molecule has 0 amide bonds. The Kier molecular flexibility index (Phi) is 2.42. The van der Waals surface area contributed by atoms with Crippen molar-refractivity contribution in [3.05, 3.63) is 0 Å². The van der Waals surface area contributed by atoms with E-state index in [1.165, 1.54) is 0 Å². The van der Waals surface area contributed by atoms with Crippen LogP contribution in [0.25, 0.3) is 1.43 Å². The Bertz CT molecular complexity index is 222. The van der Waals surface area contributed by atoms with Crippen LogP contribution in [-0.2, 0) is 9.53 Å². The van der Waals surface area contributed by atoms with Crippen molar-refractivity contribution in [1.82, 2.24) is 0 Å². The largest absolute Gasteiger partial charge is 0.479 e. The number of hydrogen-bond donors (Lipinski definition) is 5. The fourth-order valence-corrected chi connectivity index (χ4v) is 1.06. The minimum atomic E-state index is -1.81. The third-order valence-corrected chi connectivity index (χ3v) is 1.82. The first-order valence-electron chi connectivity index (χ1n) is 3.94. The first-order valence-corrected chi connectivity index (χ1v) is 3.53. The molecule has 0 aliphatic carbocycles. The summed E-state index contributed by atoms with van der Waals surface area (Å²) in [6, 6.07) is 0. The van der Waals surface area contributed by atoms with Crippen molar-refractivity contribution in [2.75, 3.05) is 0 Å². The molecule has 5 N–H and O–H groups in total. The molecule has 1 heterocycles. The van der Waals surface area contributed by atoms with Crippen LogP contribution in [0.3, 0.4) is 0 Å². The lowest BCUT2D eigenvalue weighted by atomic mass is 9.99. The minimum absolute atomic E-state index is 1.26. The van der Waals surface area contributed by atoms with Crippen molar-refractivity contribution in [3.63, 3.8) is 0 Å². The Morgan fingerprint density at radius 1 is 1.15 bits per heavy atom. The fourth-order valence-electron chi connectivity index (χ4n) is 1.06. The van der Waals surface area contributed by atoms with Crippen molar-refractivity contribution >= 4 is 5.97 Å². The summed E-state index contributed by atoms with van der Waals surface area (Å²) in [6.07, 6.45) is -8.67. The molecule has 5 atom stereocenters. The van der Waals surface area contributed by atoms with E-state index in [0.717, 1.165) is 0 Å². The zero-order valence-corrected chi connectivity index (χ0v) is 6.40. The molecule has 1 fully saturated rings. The number of carboxylic acid groups (broad SMARTS) is 1. The van der Waals surface area contributed by atoms with Gasteiger partial charge in [0.25, 0.3) is 1.43 Å². The number of aliphatic hydroxyl groups is 4. The van der Waals surface area contributed by atoms with Crippen LogP contribution >= 0.6 is 0 Å². The van der Waals surface area contributed by atoms with Crippen LogP contribution in [0.4, 0.5) is 0 Å². The van der Waals surface area contributed by atoms with Gasteiger partial charge in [-0.3, -0.25) is 0 Å². The normalized spacial score (nSPS) is 46.8. The molecule has 1 rings (SSSR count). The SMILES string of the molecule is [2H]OC(=O)[C@H]1OC(O)[C@H](O)[C@@H](O)[C@@H]1O. The van der Waals surface area contributed by atoms with E-state index < -0.39 is 36.7 Å². The highest BCUT2D eigenvalue weighted by atomic mass is 16.6. The average Bonchev–Trinajstić information content (AvgIpc) is 2.19. The molecule has 1 saturated heterocycles. The van der Waals surface area contributed by atoms with E-state index in [0.29, 0.717) is 0 Å². The van der Waals surface area contributed by atoms with Gasteiger partial charge in [-0.2, -0.15) is 0 Å². The summed E-state index contributed by atoms with van der Waals surface area (Å²) < 4.78 is 10.7. The van der Waals surface area contributed by atoms with Crippen molar-refractivity contribution in [3.8, 4) is 0 Å². The maximum Gasteiger partial charge on any atom is 0.335 e. The molecule has 0 aromatic heterocycles. The van der Waals surface area contributed by atoms with E-state index >= 15 is 0 Å². The minimum Gasteiger partial charge on any atom is -0.479 e. The topological polar surface area (TPSA) is 127 Å². The number of carboxylic acids is 1. The second-order valence-electron chi connectivity index (χ2n) is 2.74. The second kappa shape index (κ2) is 3.56. The van der Waals surface area contributed by atoms with Gasteiger partial charge in [-0.15, -0.1) is 0 Å². The molecule has 7 heteroatoms. The third kappa shape index (κ3) is 1.79. The highest BCUT2D eigenvalue weighted by molar-refractivity contribution is 5.73. The van der Waals surface area contributed by atoms with Gasteiger partial charge >= 0.3 is 5.97 Å². The highest BCUT2D eigenvalue weighted by Crippen LogP contribution is 2.19. The molecule has 1 aliphatic heterocycles. The maximum atomic E-state index is 10.8. The Hall–Kier alpha value is -0.730. The van der Waals surface area contributed by atoms with Gasteiger partial charge in [-0.1, -0.05) is 0 Å². The van der Waals surface area contributed by atoms with Crippen molar-refractivity contribution in [2.24, 2.45) is 0 Å². The summed E-state index contributed by atoms with van der Waals surface area (Å²) in [4.78, 5) is 10.8. The second-order valence-corrected chi connectivity index (χ2v) is 2.74. The molecule has 76 valence electrons. The number of hydrogen-bond acceptors (Lipinski definition) is 7. The third-order valence-electron chi connectivity index (χ3n) is 1.82. The van der Waals surface area contributed by atoms with E-state index in [9.17, 15) is 9.90 Å². The molecular weight excluding hydrogens is 184 g/mol. The Morgan fingerprint density at radius 3 is 2.31 bits per heavy atom. The van der Waals surface area contributed by atoms with E-state index in [1.807, 2.05) is 0 Å². The Morgan fingerprint density at radius 2 is 1.77 bits per heavy atom. The smallest absolute Gasteiger partial charge is 0.335 e. The van der Waals surface area contributed by atoms with Gasteiger partial charge in [0.05, 0.1) is 0 Å². The fraction of sp³-hybridized carbons (Fsp3) is 0.833. The Labute approximate surface area is 74.3 Å². The van der Waals surface area contributed by atoms with Crippen LogP contribution in [-0.4, -0.2) is 62.2 Å². The van der Waals surface area contributed by atoms with Gasteiger partial charge in [0.2, 0.25) is 0 Å². The van der Waals surface area contributed by atoms with Gasteiger partial charge in [0, 0.05) is 0 Å². The summed E-state index contributed by atoms with van der Waals surface area (Å²) in [6.45, 7) is 0. The summed E-state index contributed by atoms with van der Waals surface area (Å²) in [5, 5.41) is 39.8. The predicted octanol–water partition coefficient (Wildman–Crippen LogP) is -3.13. The lowest BCUT2D eigenvalue weighted by Crippen LogP contribution is -2.59. The Balaban J connectivity index is 2.75. The van der Waals surface area contributed by atoms with Crippen LogP contribution in [0.15, 0.2) is 0 Å². The van der Waals surface area contributed by atoms with Crippen molar-refractivity contribution in [1.29, 1.82) is 1.43 Å². The zero-order chi connectivity index (χ0) is 10.9. The van der Waals surface area contributed by atoms with Crippen molar-refractivity contribution in [2.45, 2.75) is 30.7 Å². The van der Waals surface area contributed by atoms with Gasteiger partial charge in [-0.05, 0) is 0 Å². The van der Waals surface area contributed by atoms with Crippen LogP contribution in [0.2, 0.25) is 0 Å². The van der Waals surface area contributed by atoms with E-state index in [1.54, 1.807) is 0 Å². The molecular formula is C6H10O7. The number of aliphatic carboxylic acids is 1. The molecule has 0 spiro atoms. The number of carbonyl (C=O) groups is 1. The summed E-state index contributed by atoms with van der Waals surface area (Å²) in [7, 11) is 0. The van der Waals surface area contributed by atoms with Gasteiger partial charge < -0.3 is 30.3 Å². The predicted molar refractivity (Wildman–Crippen MR) is 36.5 cm³/mol. The van der Waals surface area contributed by atoms with Crippen LogP contribution in [0.1, 0.15) is 0 Å². The zero-order valence-electron chi connectivity index (χ0n) is 7.40. The molecule has 7 nitrogen and oxygen atoms in total. The quantitative estimate of drug-likeness (QED) is 0.299. The molecule has 13 heavy (non-hydrogen) atoms. The number of aliphatic hydroxyl groups excluding tert-OH is 4. The lowest BCUT2D eigenvalue weighted by molar-refractivity contribution is -0.279. The van der Waals surface area contributed by atoms with E-state index in [2.05, 4.69) is 9.85 Å². The van der Waals surface area contributed by atoms with Gasteiger partial charge in [0.15, 0.2) is 12.4 Å². The first kappa shape index (κ1) is 8.85. The highest BCUT2D eigenvalue weighted by Gasteiger charge is 2.46. The first-order chi connectivity index (χ1) is 6.49. The maximum absolute atomic E-state index is 10.8. The molecule has 0 aromatic rings.